The summed E-state index contributed by atoms with van der Waals surface area (Å²) in [7, 11) is 0. The first-order chi connectivity index (χ1) is 10.8. The van der Waals surface area contributed by atoms with E-state index in [1.165, 1.54) is 0 Å². The molecule has 6 nitrogen and oxygen atoms in total. The number of carbonyl (C=O) groups is 1. The van der Waals surface area contributed by atoms with Crippen LogP contribution in [0.5, 0.6) is 0 Å². The van der Waals surface area contributed by atoms with E-state index in [4.69, 9.17) is 5.26 Å². The molecule has 0 N–H and O–H groups in total. The SMILES string of the molecule is N#Cc1ccc(CCC(=O)N2CCC(n3nccn3)C2)cc1. The number of likely N-dealkylation sites (tertiary alicyclic amines) is 1. The van der Waals surface area contributed by atoms with E-state index in [0.717, 1.165) is 18.5 Å². The predicted molar refractivity (Wildman–Crippen MR) is 79.7 cm³/mol. The van der Waals surface area contributed by atoms with Gasteiger partial charge in [-0.05, 0) is 30.5 Å². The summed E-state index contributed by atoms with van der Waals surface area (Å²) in [5, 5.41) is 17.1. The van der Waals surface area contributed by atoms with Crippen molar-refractivity contribution in [1.29, 1.82) is 5.26 Å². The van der Waals surface area contributed by atoms with Gasteiger partial charge in [-0.1, -0.05) is 12.1 Å². The molecule has 0 spiro atoms. The van der Waals surface area contributed by atoms with Crippen LogP contribution in [-0.2, 0) is 11.2 Å². The normalized spacial score (nSPS) is 17.4. The van der Waals surface area contributed by atoms with E-state index in [0.29, 0.717) is 24.9 Å². The number of carbonyl (C=O) groups excluding carboxylic acids is 1. The Balaban J connectivity index is 1.51. The summed E-state index contributed by atoms with van der Waals surface area (Å²) >= 11 is 0. The number of aryl methyl sites for hydroxylation is 1. The molecule has 3 rings (SSSR count). The van der Waals surface area contributed by atoms with Crippen LogP contribution in [0.1, 0.15) is 30.0 Å². The summed E-state index contributed by atoms with van der Waals surface area (Å²) in [5.74, 6) is 0.166. The predicted octanol–water partition coefficient (Wildman–Crippen LogP) is 1.56. The summed E-state index contributed by atoms with van der Waals surface area (Å²) < 4.78 is 0. The Labute approximate surface area is 129 Å². The van der Waals surface area contributed by atoms with Gasteiger partial charge in [-0.3, -0.25) is 4.79 Å². The van der Waals surface area contributed by atoms with Gasteiger partial charge < -0.3 is 4.90 Å². The van der Waals surface area contributed by atoms with Gasteiger partial charge in [0.2, 0.25) is 5.91 Å². The fourth-order valence-corrected chi connectivity index (χ4v) is 2.73. The van der Waals surface area contributed by atoms with Gasteiger partial charge in [0.15, 0.2) is 0 Å². The minimum Gasteiger partial charge on any atom is -0.340 e. The molecule has 0 radical (unpaired) electrons. The molecule has 2 heterocycles. The van der Waals surface area contributed by atoms with Crippen molar-refractivity contribution in [2.45, 2.75) is 25.3 Å². The molecule has 6 heteroatoms. The second-order valence-corrected chi connectivity index (χ2v) is 5.44. The largest absolute Gasteiger partial charge is 0.340 e. The fourth-order valence-electron chi connectivity index (χ4n) is 2.73. The fraction of sp³-hybridized carbons (Fsp3) is 0.375. The molecule has 1 atom stereocenters. The van der Waals surface area contributed by atoms with Crippen LogP contribution >= 0.6 is 0 Å². The molecule has 1 aromatic carbocycles. The van der Waals surface area contributed by atoms with Crippen molar-refractivity contribution in [1.82, 2.24) is 19.9 Å². The van der Waals surface area contributed by atoms with E-state index in [1.807, 2.05) is 17.0 Å². The lowest BCUT2D eigenvalue weighted by Gasteiger charge is -2.16. The molecule has 22 heavy (non-hydrogen) atoms. The Kier molecular flexibility index (Phi) is 4.15. The van der Waals surface area contributed by atoms with E-state index in [-0.39, 0.29) is 11.9 Å². The van der Waals surface area contributed by atoms with Gasteiger partial charge >= 0.3 is 0 Å². The quantitative estimate of drug-likeness (QED) is 0.857. The van der Waals surface area contributed by atoms with Crippen molar-refractivity contribution in [3.05, 3.63) is 47.8 Å². The third-order valence-corrected chi connectivity index (χ3v) is 3.99. The Bertz CT molecular complexity index is 672. The maximum atomic E-state index is 12.3. The Hall–Kier alpha value is -2.68. The monoisotopic (exact) mass is 295 g/mol. The molecular weight excluding hydrogens is 278 g/mol. The molecule has 0 bridgehead atoms. The molecule has 0 aliphatic carbocycles. The summed E-state index contributed by atoms with van der Waals surface area (Å²) in [4.78, 5) is 15.9. The highest BCUT2D eigenvalue weighted by Gasteiger charge is 2.27. The van der Waals surface area contributed by atoms with Crippen LogP contribution in [0.25, 0.3) is 0 Å². The van der Waals surface area contributed by atoms with Crippen LogP contribution in [0.2, 0.25) is 0 Å². The number of nitrogens with zero attached hydrogens (tertiary/aromatic N) is 5. The molecule has 2 aromatic rings. The van der Waals surface area contributed by atoms with Gasteiger partial charge in [-0.2, -0.15) is 20.3 Å². The minimum absolute atomic E-state index is 0.166. The van der Waals surface area contributed by atoms with Gasteiger partial charge in [-0.25, -0.2) is 0 Å². The molecule has 1 saturated heterocycles. The third kappa shape index (κ3) is 3.14. The van der Waals surface area contributed by atoms with Crippen molar-refractivity contribution in [2.24, 2.45) is 0 Å². The zero-order chi connectivity index (χ0) is 15.4. The molecular formula is C16H17N5O. The lowest BCUT2D eigenvalue weighted by Crippen LogP contribution is -2.29. The zero-order valence-corrected chi connectivity index (χ0v) is 12.2. The molecule has 1 aliphatic heterocycles. The van der Waals surface area contributed by atoms with Crippen LogP contribution in [0.3, 0.4) is 0 Å². The second-order valence-electron chi connectivity index (χ2n) is 5.44. The minimum atomic E-state index is 0.166. The Morgan fingerprint density at radius 2 is 2.00 bits per heavy atom. The number of rotatable bonds is 4. The maximum Gasteiger partial charge on any atom is 0.222 e. The molecule has 0 saturated carbocycles. The van der Waals surface area contributed by atoms with Crippen LogP contribution < -0.4 is 0 Å². The molecule has 1 amide bonds. The topological polar surface area (TPSA) is 74.8 Å². The molecule has 1 aliphatic rings. The Morgan fingerprint density at radius 3 is 2.68 bits per heavy atom. The van der Waals surface area contributed by atoms with Crippen molar-refractivity contribution < 1.29 is 4.79 Å². The van der Waals surface area contributed by atoms with Crippen LogP contribution in [-0.4, -0.2) is 38.9 Å². The lowest BCUT2D eigenvalue weighted by atomic mass is 10.1. The van der Waals surface area contributed by atoms with Crippen LogP contribution in [0.15, 0.2) is 36.7 Å². The summed E-state index contributed by atoms with van der Waals surface area (Å²) in [5.41, 5.74) is 1.72. The number of amides is 1. The Morgan fingerprint density at radius 1 is 1.27 bits per heavy atom. The van der Waals surface area contributed by atoms with Gasteiger partial charge in [0.05, 0.1) is 30.1 Å². The van der Waals surface area contributed by atoms with Gasteiger partial charge in [0.25, 0.3) is 0 Å². The number of nitriles is 1. The average molecular weight is 295 g/mol. The summed E-state index contributed by atoms with van der Waals surface area (Å²) in [6.07, 6.45) is 5.42. The lowest BCUT2D eigenvalue weighted by molar-refractivity contribution is -0.130. The highest BCUT2D eigenvalue weighted by molar-refractivity contribution is 5.76. The highest BCUT2D eigenvalue weighted by Crippen LogP contribution is 2.20. The number of benzene rings is 1. The zero-order valence-electron chi connectivity index (χ0n) is 12.2. The van der Waals surface area contributed by atoms with Crippen molar-refractivity contribution in [3.8, 4) is 6.07 Å². The van der Waals surface area contributed by atoms with Crippen molar-refractivity contribution in [3.63, 3.8) is 0 Å². The summed E-state index contributed by atoms with van der Waals surface area (Å²) in [6, 6.07) is 9.67. The maximum absolute atomic E-state index is 12.3. The van der Waals surface area contributed by atoms with Gasteiger partial charge in [0, 0.05) is 19.5 Å². The van der Waals surface area contributed by atoms with E-state index in [9.17, 15) is 4.79 Å². The molecule has 1 unspecified atom stereocenters. The molecule has 1 aromatic heterocycles. The first-order valence-electron chi connectivity index (χ1n) is 7.39. The number of hydrogen-bond acceptors (Lipinski definition) is 4. The number of hydrogen-bond donors (Lipinski definition) is 0. The number of aromatic nitrogens is 3. The standard InChI is InChI=1S/C16H17N5O/c17-11-14-3-1-13(2-4-14)5-6-16(22)20-10-7-15(12-20)21-18-8-9-19-21/h1-4,8-9,15H,5-7,10,12H2. The second kappa shape index (κ2) is 6.39. The third-order valence-electron chi connectivity index (χ3n) is 3.99. The van der Waals surface area contributed by atoms with E-state index < -0.39 is 0 Å². The van der Waals surface area contributed by atoms with Crippen molar-refractivity contribution in [2.75, 3.05) is 13.1 Å². The van der Waals surface area contributed by atoms with Gasteiger partial charge in [-0.15, -0.1) is 0 Å². The smallest absolute Gasteiger partial charge is 0.222 e. The first-order valence-corrected chi connectivity index (χ1v) is 7.39. The highest BCUT2D eigenvalue weighted by atomic mass is 16.2. The van der Waals surface area contributed by atoms with Gasteiger partial charge in [0.1, 0.15) is 0 Å². The first kappa shape index (κ1) is 14.3. The molecule has 112 valence electrons. The van der Waals surface area contributed by atoms with E-state index in [1.54, 1.807) is 29.3 Å². The van der Waals surface area contributed by atoms with E-state index >= 15 is 0 Å². The molecule has 1 fully saturated rings. The van der Waals surface area contributed by atoms with Crippen LogP contribution in [0, 0.1) is 11.3 Å². The van der Waals surface area contributed by atoms with E-state index in [2.05, 4.69) is 16.3 Å². The summed E-state index contributed by atoms with van der Waals surface area (Å²) in [6.45, 7) is 1.44. The average Bonchev–Trinajstić information content (AvgIpc) is 3.23. The van der Waals surface area contributed by atoms with Crippen molar-refractivity contribution >= 4 is 5.91 Å². The van der Waals surface area contributed by atoms with Crippen LogP contribution in [0.4, 0.5) is 0 Å².